The van der Waals surface area contributed by atoms with Gasteiger partial charge in [-0.1, -0.05) is 12.1 Å². The highest BCUT2D eigenvalue weighted by atomic mass is 16.4. The summed E-state index contributed by atoms with van der Waals surface area (Å²) in [7, 11) is 0. The number of hydrogen-bond donors (Lipinski definition) is 2. The van der Waals surface area contributed by atoms with Crippen LogP contribution in [-0.4, -0.2) is 4.98 Å². The monoisotopic (exact) mass is 164 g/mol. The summed E-state index contributed by atoms with van der Waals surface area (Å²) in [6, 6.07) is 5.39. The lowest BCUT2D eigenvalue weighted by atomic mass is 10.2. The Morgan fingerprint density at radius 1 is 1.50 bits per heavy atom. The number of nitrogens with one attached hydrogen (secondary N) is 1. The van der Waals surface area contributed by atoms with Crippen molar-refractivity contribution in [1.29, 1.82) is 0 Å². The van der Waals surface area contributed by atoms with Crippen LogP contribution in [-0.2, 0) is 6.54 Å². The van der Waals surface area contributed by atoms with Gasteiger partial charge in [0.2, 0.25) is 0 Å². The van der Waals surface area contributed by atoms with E-state index in [0.29, 0.717) is 17.6 Å². The predicted octanol–water partition coefficient (Wildman–Crippen LogP) is 0.580. The van der Waals surface area contributed by atoms with E-state index in [1.54, 1.807) is 12.1 Å². The second-order valence-electron chi connectivity index (χ2n) is 2.51. The molecule has 2 aromatic rings. The average Bonchev–Trinajstić information content (AvgIpc) is 2.44. The fourth-order valence-corrected chi connectivity index (χ4v) is 1.20. The van der Waals surface area contributed by atoms with Gasteiger partial charge in [0, 0.05) is 6.54 Å². The first-order valence-electron chi connectivity index (χ1n) is 3.62. The van der Waals surface area contributed by atoms with Crippen molar-refractivity contribution in [3.8, 4) is 0 Å². The minimum Gasteiger partial charge on any atom is -0.408 e. The first-order valence-corrected chi connectivity index (χ1v) is 3.62. The molecule has 62 valence electrons. The Kier molecular flexibility index (Phi) is 1.48. The molecule has 1 aromatic carbocycles. The molecule has 0 aliphatic carbocycles. The Morgan fingerprint density at radius 3 is 3.08 bits per heavy atom. The highest BCUT2D eigenvalue weighted by molar-refractivity contribution is 5.75. The molecule has 4 heteroatoms. The minimum absolute atomic E-state index is 0.396. The maximum Gasteiger partial charge on any atom is 0.417 e. The molecular weight excluding hydrogens is 156 g/mol. The predicted molar refractivity (Wildman–Crippen MR) is 44.7 cm³/mol. The number of aromatic amines is 1. The van der Waals surface area contributed by atoms with Gasteiger partial charge in [0.05, 0.1) is 5.52 Å². The van der Waals surface area contributed by atoms with Gasteiger partial charge < -0.3 is 10.2 Å². The molecule has 0 radical (unpaired) electrons. The molecule has 0 saturated carbocycles. The summed E-state index contributed by atoms with van der Waals surface area (Å²) in [5.41, 5.74) is 7.61. The van der Waals surface area contributed by atoms with Crippen LogP contribution in [0.15, 0.2) is 27.4 Å². The summed E-state index contributed by atoms with van der Waals surface area (Å²) in [5, 5.41) is 0. The summed E-state index contributed by atoms with van der Waals surface area (Å²) < 4.78 is 4.84. The Labute approximate surface area is 68.0 Å². The Bertz CT molecular complexity index is 455. The fraction of sp³-hybridized carbons (Fsp3) is 0.125. The van der Waals surface area contributed by atoms with E-state index in [9.17, 15) is 4.79 Å². The molecule has 3 N–H and O–H groups in total. The molecule has 0 spiro atoms. The summed E-state index contributed by atoms with van der Waals surface area (Å²) >= 11 is 0. The van der Waals surface area contributed by atoms with E-state index in [0.717, 1.165) is 5.56 Å². The standard InChI is InChI=1S/C8H8N2O2/c9-4-5-2-1-3-6-7(5)10-8(11)12-6/h1-3H,4,9H2,(H,10,11). The molecule has 0 atom stereocenters. The van der Waals surface area contributed by atoms with Crippen molar-refractivity contribution >= 4 is 11.1 Å². The van der Waals surface area contributed by atoms with E-state index in [4.69, 9.17) is 10.2 Å². The van der Waals surface area contributed by atoms with Crippen LogP contribution in [0.3, 0.4) is 0 Å². The van der Waals surface area contributed by atoms with Crippen LogP contribution in [0, 0.1) is 0 Å². The highest BCUT2D eigenvalue weighted by Crippen LogP contribution is 2.13. The van der Waals surface area contributed by atoms with Crippen LogP contribution in [0.4, 0.5) is 0 Å². The number of fused-ring (bicyclic) bond motifs is 1. The van der Waals surface area contributed by atoms with Crippen LogP contribution in [0.1, 0.15) is 5.56 Å². The van der Waals surface area contributed by atoms with Gasteiger partial charge in [-0.05, 0) is 11.6 Å². The van der Waals surface area contributed by atoms with Crippen LogP contribution >= 0.6 is 0 Å². The second kappa shape index (κ2) is 2.49. The molecule has 0 amide bonds. The van der Waals surface area contributed by atoms with Crippen molar-refractivity contribution in [2.75, 3.05) is 0 Å². The number of hydrogen-bond acceptors (Lipinski definition) is 3. The third kappa shape index (κ3) is 0.931. The SMILES string of the molecule is NCc1cccc2oc(=O)[nH]c12. The van der Waals surface area contributed by atoms with Crippen LogP contribution in [0.5, 0.6) is 0 Å². The molecule has 0 aliphatic heterocycles. The maximum absolute atomic E-state index is 10.8. The molecule has 1 heterocycles. The summed E-state index contributed by atoms with van der Waals surface area (Å²) in [6.07, 6.45) is 0. The first-order chi connectivity index (χ1) is 5.81. The molecule has 0 fully saturated rings. The van der Waals surface area contributed by atoms with Gasteiger partial charge >= 0.3 is 5.76 Å². The van der Waals surface area contributed by atoms with E-state index in [1.807, 2.05) is 6.07 Å². The average molecular weight is 164 g/mol. The first kappa shape index (κ1) is 7.12. The number of oxazole rings is 1. The number of aromatic nitrogens is 1. The lowest BCUT2D eigenvalue weighted by Gasteiger charge is -1.94. The van der Waals surface area contributed by atoms with Crippen molar-refractivity contribution < 1.29 is 4.42 Å². The number of H-pyrrole nitrogens is 1. The molecule has 1 aromatic heterocycles. The lowest BCUT2D eigenvalue weighted by Crippen LogP contribution is -1.98. The van der Waals surface area contributed by atoms with Gasteiger partial charge in [-0.2, -0.15) is 0 Å². The van der Waals surface area contributed by atoms with Crippen molar-refractivity contribution in [3.63, 3.8) is 0 Å². The zero-order valence-corrected chi connectivity index (χ0v) is 6.33. The van der Waals surface area contributed by atoms with Crippen LogP contribution < -0.4 is 11.5 Å². The molecular formula is C8H8N2O2. The topological polar surface area (TPSA) is 72.0 Å². The lowest BCUT2D eigenvalue weighted by molar-refractivity contribution is 0.555. The summed E-state index contributed by atoms with van der Waals surface area (Å²) in [5.74, 6) is -0.439. The molecule has 0 unspecified atom stereocenters. The van der Waals surface area contributed by atoms with Gasteiger partial charge in [-0.25, -0.2) is 4.79 Å². The van der Waals surface area contributed by atoms with Gasteiger partial charge in [0.15, 0.2) is 5.58 Å². The van der Waals surface area contributed by atoms with Crippen molar-refractivity contribution in [3.05, 3.63) is 34.3 Å². The molecule has 0 saturated heterocycles. The van der Waals surface area contributed by atoms with Gasteiger partial charge in [0.25, 0.3) is 0 Å². The van der Waals surface area contributed by atoms with E-state index in [2.05, 4.69) is 4.98 Å². The third-order valence-corrected chi connectivity index (χ3v) is 1.76. The quantitative estimate of drug-likeness (QED) is 0.647. The van der Waals surface area contributed by atoms with E-state index in [1.165, 1.54) is 0 Å². The fourth-order valence-electron chi connectivity index (χ4n) is 1.20. The van der Waals surface area contributed by atoms with Crippen molar-refractivity contribution in [1.82, 2.24) is 4.98 Å². The molecule has 12 heavy (non-hydrogen) atoms. The van der Waals surface area contributed by atoms with Gasteiger partial charge in [-0.3, -0.25) is 4.98 Å². The van der Waals surface area contributed by atoms with Crippen molar-refractivity contribution in [2.45, 2.75) is 6.54 Å². The maximum atomic E-state index is 10.8. The zero-order chi connectivity index (χ0) is 8.55. The minimum atomic E-state index is -0.439. The number of rotatable bonds is 1. The molecule has 4 nitrogen and oxygen atoms in total. The number of nitrogens with two attached hydrogens (primary N) is 1. The second-order valence-corrected chi connectivity index (χ2v) is 2.51. The zero-order valence-electron chi connectivity index (χ0n) is 6.33. The van der Waals surface area contributed by atoms with Gasteiger partial charge in [0.1, 0.15) is 0 Å². The largest absolute Gasteiger partial charge is 0.417 e. The molecule has 0 bridgehead atoms. The highest BCUT2D eigenvalue weighted by Gasteiger charge is 2.03. The molecule has 2 rings (SSSR count). The summed E-state index contributed by atoms with van der Waals surface area (Å²) in [4.78, 5) is 13.4. The van der Waals surface area contributed by atoms with Crippen LogP contribution in [0.2, 0.25) is 0 Å². The smallest absolute Gasteiger partial charge is 0.408 e. The van der Waals surface area contributed by atoms with Gasteiger partial charge in [-0.15, -0.1) is 0 Å². The normalized spacial score (nSPS) is 10.8. The Balaban J connectivity index is 2.87. The van der Waals surface area contributed by atoms with Crippen molar-refractivity contribution in [2.24, 2.45) is 5.73 Å². The van der Waals surface area contributed by atoms with E-state index in [-0.39, 0.29) is 0 Å². The Hall–Kier alpha value is -1.55. The third-order valence-electron chi connectivity index (χ3n) is 1.76. The van der Waals surface area contributed by atoms with E-state index >= 15 is 0 Å². The molecule has 0 aliphatic rings. The van der Waals surface area contributed by atoms with Crippen LogP contribution in [0.25, 0.3) is 11.1 Å². The van der Waals surface area contributed by atoms with E-state index < -0.39 is 5.76 Å². The summed E-state index contributed by atoms with van der Waals surface area (Å²) in [6.45, 7) is 0.396. The number of benzene rings is 1. The Morgan fingerprint density at radius 2 is 2.33 bits per heavy atom. The number of para-hydroxylation sites is 1.